The van der Waals surface area contributed by atoms with E-state index in [9.17, 15) is 14.7 Å². The first kappa shape index (κ1) is 16.8. The van der Waals surface area contributed by atoms with Crippen molar-refractivity contribution < 1.29 is 24.2 Å². The molecule has 7 nitrogen and oxygen atoms in total. The lowest BCUT2D eigenvalue weighted by atomic mass is 10.2. The van der Waals surface area contributed by atoms with Gasteiger partial charge in [-0.05, 0) is 32.0 Å². The molecule has 7 heteroatoms. The second-order valence-corrected chi connectivity index (χ2v) is 4.16. The van der Waals surface area contributed by atoms with Gasteiger partial charge in [-0.3, -0.25) is 9.59 Å². The van der Waals surface area contributed by atoms with E-state index >= 15 is 0 Å². The fraction of sp³-hybridized carbons (Fsp3) is 0.429. The van der Waals surface area contributed by atoms with Crippen LogP contribution in [0.5, 0.6) is 11.5 Å². The van der Waals surface area contributed by atoms with E-state index in [0.29, 0.717) is 30.3 Å². The number of nitrogens with one attached hydrogen (secondary N) is 1. The van der Waals surface area contributed by atoms with Crippen LogP contribution in [0.1, 0.15) is 24.2 Å². The van der Waals surface area contributed by atoms with Crippen LogP contribution in [0.2, 0.25) is 0 Å². The molecule has 1 aromatic carbocycles. The first-order valence-electron chi connectivity index (χ1n) is 6.64. The zero-order valence-electron chi connectivity index (χ0n) is 12.1. The normalized spacial score (nSPS) is 11.6. The molecule has 21 heavy (non-hydrogen) atoms. The molecule has 0 saturated heterocycles. The highest BCUT2D eigenvalue weighted by Gasteiger charge is 2.15. The van der Waals surface area contributed by atoms with Crippen molar-refractivity contribution in [2.24, 2.45) is 5.73 Å². The van der Waals surface area contributed by atoms with Gasteiger partial charge in [-0.25, -0.2) is 0 Å². The van der Waals surface area contributed by atoms with Crippen molar-refractivity contribution in [1.82, 2.24) is 5.32 Å². The summed E-state index contributed by atoms with van der Waals surface area (Å²) in [6.45, 7) is 4.35. The first-order chi connectivity index (χ1) is 9.99. The smallest absolute Gasteiger partial charge is 0.251 e. The fourth-order valence-corrected chi connectivity index (χ4v) is 1.58. The summed E-state index contributed by atoms with van der Waals surface area (Å²) in [7, 11) is 0. The van der Waals surface area contributed by atoms with Gasteiger partial charge in [-0.2, -0.15) is 0 Å². The maximum absolute atomic E-state index is 11.9. The molecule has 0 heterocycles. The minimum Gasteiger partial charge on any atom is -0.490 e. The third-order valence-electron chi connectivity index (χ3n) is 2.59. The number of benzene rings is 1. The Labute approximate surface area is 123 Å². The number of carbonyl (C=O) groups is 2. The summed E-state index contributed by atoms with van der Waals surface area (Å²) in [5.41, 5.74) is 5.23. The first-order valence-corrected chi connectivity index (χ1v) is 6.64. The van der Waals surface area contributed by atoms with E-state index in [4.69, 9.17) is 15.2 Å². The van der Waals surface area contributed by atoms with Crippen molar-refractivity contribution in [3.8, 4) is 11.5 Å². The monoisotopic (exact) mass is 296 g/mol. The number of aliphatic hydroxyl groups excluding tert-OH is 1. The largest absolute Gasteiger partial charge is 0.490 e. The number of carbonyl (C=O) groups excluding carboxylic acids is 2. The van der Waals surface area contributed by atoms with Crippen LogP contribution in [-0.4, -0.2) is 42.8 Å². The lowest BCUT2D eigenvalue weighted by Gasteiger charge is -2.13. The lowest BCUT2D eigenvalue weighted by molar-refractivity contribution is -0.125. The van der Waals surface area contributed by atoms with Crippen molar-refractivity contribution in [2.75, 3.05) is 19.8 Å². The van der Waals surface area contributed by atoms with Gasteiger partial charge in [0.05, 0.1) is 19.8 Å². The molecule has 1 rings (SSSR count). The molecule has 0 aliphatic rings. The number of primary amides is 1. The fourth-order valence-electron chi connectivity index (χ4n) is 1.58. The van der Waals surface area contributed by atoms with E-state index in [1.807, 2.05) is 13.8 Å². The van der Waals surface area contributed by atoms with Gasteiger partial charge in [0.2, 0.25) is 5.91 Å². The van der Waals surface area contributed by atoms with Gasteiger partial charge in [-0.1, -0.05) is 0 Å². The van der Waals surface area contributed by atoms with E-state index < -0.39 is 17.9 Å². The van der Waals surface area contributed by atoms with Crippen LogP contribution in [0.15, 0.2) is 18.2 Å². The molecule has 0 fully saturated rings. The van der Waals surface area contributed by atoms with Crippen molar-refractivity contribution in [3.05, 3.63) is 23.8 Å². The minimum absolute atomic E-state index is 0.245. The van der Waals surface area contributed by atoms with Crippen molar-refractivity contribution in [2.45, 2.75) is 20.0 Å². The van der Waals surface area contributed by atoms with E-state index in [-0.39, 0.29) is 6.54 Å². The van der Waals surface area contributed by atoms with Crippen LogP contribution >= 0.6 is 0 Å². The number of amides is 2. The number of ether oxygens (including phenoxy) is 2. The molecule has 1 atom stereocenters. The predicted octanol–water partition coefficient (Wildman–Crippen LogP) is 0.0600. The molecule has 0 radical (unpaired) electrons. The van der Waals surface area contributed by atoms with Crippen molar-refractivity contribution in [1.29, 1.82) is 0 Å². The second-order valence-electron chi connectivity index (χ2n) is 4.16. The maximum atomic E-state index is 11.9. The molecular formula is C14H20N2O5. The lowest BCUT2D eigenvalue weighted by Crippen LogP contribution is -2.39. The average molecular weight is 296 g/mol. The van der Waals surface area contributed by atoms with Gasteiger partial charge < -0.3 is 25.6 Å². The Balaban J connectivity index is 2.80. The topological polar surface area (TPSA) is 111 Å². The molecule has 0 spiro atoms. The van der Waals surface area contributed by atoms with Crippen LogP contribution in [0, 0.1) is 0 Å². The summed E-state index contributed by atoms with van der Waals surface area (Å²) in [4.78, 5) is 22.6. The molecule has 0 aliphatic carbocycles. The molecule has 1 unspecified atom stereocenters. The number of hydrogen-bond acceptors (Lipinski definition) is 5. The SMILES string of the molecule is CCOc1ccc(C(=O)NCC(O)C(N)=O)cc1OCC. The number of rotatable bonds is 8. The van der Waals surface area contributed by atoms with E-state index in [1.165, 1.54) is 0 Å². The Morgan fingerprint density at radius 2 is 1.86 bits per heavy atom. The van der Waals surface area contributed by atoms with Gasteiger partial charge in [0, 0.05) is 5.56 Å². The summed E-state index contributed by atoms with van der Waals surface area (Å²) in [6.07, 6.45) is -1.41. The van der Waals surface area contributed by atoms with Gasteiger partial charge in [0.15, 0.2) is 11.5 Å². The van der Waals surface area contributed by atoms with Crippen LogP contribution < -0.4 is 20.5 Å². The van der Waals surface area contributed by atoms with E-state index in [0.717, 1.165) is 0 Å². The van der Waals surface area contributed by atoms with E-state index in [2.05, 4.69) is 5.32 Å². The molecule has 4 N–H and O–H groups in total. The summed E-state index contributed by atoms with van der Waals surface area (Å²) in [5.74, 6) is -0.327. The summed E-state index contributed by atoms with van der Waals surface area (Å²) in [6, 6.07) is 4.74. The Bertz CT molecular complexity index is 504. The maximum Gasteiger partial charge on any atom is 0.251 e. The summed E-state index contributed by atoms with van der Waals surface area (Å²) in [5, 5.41) is 11.7. The van der Waals surface area contributed by atoms with Gasteiger partial charge in [0.1, 0.15) is 6.10 Å². The number of aliphatic hydroxyl groups is 1. The Morgan fingerprint density at radius 1 is 1.24 bits per heavy atom. The highest BCUT2D eigenvalue weighted by Crippen LogP contribution is 2.28. The Hall–Kier alpha value is -2.28. The molecule has 1 aromatic rings. The quantitative estimate of drug-likeness (QED) is 0.628. The molecule has 0 aliphatic heterocycles. The van der Waals surface area contributed by atoms with Crippen molar-refractivity contribution >= 4 is 11.8 Å². The van der Waals surface area contributed by atoms with Crippen LogP contribution in [0.4, 0.5) is 0 Å². The van der Waals surface area contributed by atoms with Crippen LogP contribution in [0.25, 0.3) is 0 Å². The molecule has 0 saturated carbocycles. The molecular weight excluding hydrogens is 276 g/mol. The zero-order chi connectivity index (χ0) is 15.8. The minimum atomic E-state index is -1.41. The molecule has 0 aromatic heterocycles. The van der Waals surface area contributed by atoms with Crippen LogP contribution in [-0.2, 0) is 4.79 Å². The van der Waals surface area contributed by atoms with E-state index in [1.54, 1.807) is 18.2 Å². The average Bonchev–Trinajstić information content (AvgIpc) is 2.46. The third-order valence-corrected chi connectivity index (χ3v) is 2.59. The van der Waals surface area contributed by atoms with Gasteiger partial charge in [-0.15, -0.1) is 0 Å². The molecule has 0 bridgehead atoms. The third kappa shape index (κ3) is 4.96. The Kier molecular flexibility index (Phi) is 6.48. The standard InChI is InChI=1S/C14H20N2O5/c1-3-20-11-6-5-9(7-12(11)21-4-2)14(19)16-8-10(17)13(15)18/h5-7,10,17H,3-4,8H2,1-2H3,(H2,15,18)(H,16,19). The van der Waals surface area contributed by atoms with Gasteiger partial charge >= 0.3 is 0 Å². The highest BCUT2D eigenvalue weighted by molar-refractivity contribution is 5.95. The number of nitrogens with two attached hydrogens (primary N) is 1. The second kappa shape index (κ2) is 8.11. The molecule has 2 amide bonds. The van der Waals surface area contributed by atoms with Gasteiger partial charge in [0.25, 0.3) is 5.91 Å². The molecule has 116 valence electrons. The zero-order valence-corrected chi connectivity index (χ0v) is 12.1. The predicted molar refractivity (Wildman–Crippen MR) is 76.3 cm³/mol. The van der Waals surface area contributed by atoms with Crippen molar-refractivity contribution in [3.63, 3.8) is 0 Å². The summed E-state index contributed by atoms with van der Waals surface area (Å²) < 4.78 is 10.8. The van der Waals surface area contributed by atoms with Crippen LogP contribution in [0.3, 0.4) is 0 Å². The highest BCUT2D eigenvalue weighted by atomic mass is 16.5. The summed E-state index contributed by atoms with van der Waals surface area (Å²) >= 11 is 0. The number of hydrogen-bond donors (Lipinski definition) is 3. The Morgan fingerprint density at radius 3 is 2.43 bits per heavy atom.